The van der Waals surface area contributed by atoms with E-state index in [1.165, 1.54) is 12.1 Å². The fourth-order valence-electron chi connectivity index (χ4n) is 4.07. The molecule has 2 N–H and O–H groups in total. The van der Waals surface area contributed by atoms with Crippen molar-refractivity contribution in [2.24, 2.45) is 0 Å². The summed E-state index contributed by atoms with van der Waals surface area (Å²) in [4.78, 5) is 19.4. The number of nitrogens with two attached hydrogens (primary N) is 1. The molecule has 1 fully saturated rings. The van der Waals surface area contributed by atoms with E-state index in [1.807, 2.05) is 48.5 Å². The quantitative estimate of drug-likeness (QED) is 0.307. The van der Waals surface area contributed by atoms with Gasteiger partial charge in [-0.15, -0.1) is 0 Å². The van der Waals surface area contributed by atoms with Crippen LogP contribution in [0.3, 0.4) is 0 Å². The Kier molecular flexibility index (Phi) is 6.40. The van der Waals surface area contributed by atoms with Gasteiger partial charge in [-0.1, -0.05) is 28.1 Å². The molecule has 8 heteroatoms. The molecule has 1 unspecified atom stereocenters. The number of nitrogen functional groups attached to an aromatic ring is 1. The van der Waals surface area contributed by atoms with Crippen LogP contribution in [-0.4, -0.2) is 28.4 Å². The number of amides is 1. The van der Waals surface area contributed by atoms with E-state index in [-0.39, 0.29) is 11.7 Å². The minimum Gasteiger partial charge on any atom is -0.436 e. The topological polar surface area (TPSA) is 81.6 Å². The predicted molar refractivity (Wildman–Crippen MR) is 135 cm³/mol. The van der Waals surface area contributed by atoms with Gasteiger partial charge >= 0.3 is 0 Å². The molecule has 1 aromatic heterocycles. The lowest BCUT2D eigenvalue weighted by Crippen LogP contribution is -2.32. The van der Waals surface area contributed by atoms with Crippen LogP contribution in [0.1, 0.15) is 24.5 Å². The summed E-state index contributed by atoms with van der Waals surface area (Å²) in [6.45, 7) is 2.15. The molecular weight excluding hydrogens is 513 g/mol. The first-order valence-corrected chi connectivity index (χ1v) is 12.0. The number of halogens is 2. The SMILES string of the molecule is C[C@H]1OC(c2oc(-c3ccc(Br)cc3)nc2-c2ccc(F)cc2)N(CCc2ccc(N)cc2)C1=O. The Morgan fingerprint density at radius 2 is 1.66 bits per heavy atom. The summed E-state index contributed by atoms with van der Waals surface area (Å²) in [5, 5.41) is 0. The third kappa shape index (κ3) is 4.85. The number of ether oxygens (including phenoxy) is 1. The van der Waals surface area contributed by atoms with Gasteiger partial charge in [-0.2, -0.15) is 0 Å². The Balaban J connectivity index is 1.53. The van der Waals surface area contributed by atoms with Crippen molar-refractivity contribution in [1.82, 2.24) is 9.88 Å². The zero-order valence-electron chi connectivity index (χ0n) is 18.9. The van der Waals surface area contributed by atoms with E-state index in [0.29, 0.717) is 41.6 Å². The maximum atomic E-state index is 13.6. The molecule has 2 atom stereocenters. The van der Waals surface area contributed by atoms with E-state index in [0.717, 1.165) is 15.6 Å². The summed E-state index contributed by atoms with van der Waals surface area (Å²) in [5.41, 5.74) is 9.48. The summed E-state index contributed by atoms with van der Waals surface area (Å²) in [6, 6.07) is 21.1. The largest absolute Gasteiger partial charge is 0.436 e. The van der Waals surface area contributed by atoms with E-state index < -0.39 is 12.3 Å². The molecule has 35 heavy (non-hydrogen) atoms. The third-order valence-corrected chi connectivity index (χ3v) is 6.48. The van der Waals surface area contributed by atoms with Crippen LogP contribution in [0.5, 0.6) is 0 Å². The molecule has 0 spiro atoms. The van der Waals surface area contributed by atoms with E-state index in [9.17, 15) is 9.18 Å². The molecule has 178 valence electrons. The van der Waals surface area contributed by atoms with Gasteiger partial charge in [0.1, 0.15) is 17.6 Å². The zero-order chi connectivity index (χ0) is 24.5. The average Bonchev–Trinajstić information content (AvgIpc) is 3.41. The van der Waals surface area contributed by atoms with Crippen LogP contribution >= 0.6 is 15.9 Å². The van der Waals surface area contributed by atoms with Gasteiger partial charge in [0.05, 0.1) is 0 Å². The number of benzene rings is 3. The number of nitrogens with zero attached hydrogens (tertiary/aromatic N) is 2. The molecule has 0 bridgehead atoms. The molecule has 1 aliphatic rings. The number of hydrogen-bond donors (Lipinski definition) is 1. The van der Waals surface area contributed by atoms with Gasteiger partial charge < -0.3 is 19.8 Å². The van der Waals surface area contributed by atoms with Crippen molar-refractivity contribution in [2.75, 3.05) is 12.3 Å². The van der Waals surface area contributed by atoms with Gasteiger partial charge in [0.25, 0.3) is 5.91 Å². The molecule has 1 amide bonds. The maximum Gasteiger partial charge on any atom is 0.253 e. The van der Waals surface area contributed by atoms with Crippen LogP contribution in [-0.2, 0) is 16.0 Å². The van der Waals surface area contributed by atoms with Crippen molar-refractivity contribution in [3.8, 4) is 22.7 Å². The predicted octanol–water partition coefficient (Wildman–Crippen LogP) is 5.98. The number of oxazole rings is 1. The van der Waals surface area contributed by atoms with Crippen molar-refractivity contribution in [3.63, 3.8) is 0 Å². The summed E-state index contributed by atoms with van der Waals surface area (Å²) in [7, 11) is 0. The molecular formula is C27H23BrFN3O3. The first-order valence-electron chi connectivity index (χ1n) is 11.2. The molecule has 1 aliphatic heterocycles. The van der Waals surface area contributed by atoms with Gasteiger partial charge in [0, 0.05) is 27.8 Å². The van der Waals surface area contributed by atoms with Gasteiger partial charge in [0.2, 0.25) is 5.89 Å². The van der Waals surface area contributed by atoms with Crippen molar-refractivity contribution in [1.29, 1.82) is 0 Å². The molecule has 6 nitrogen and oxygen atoms in total. The molecule has 0 saturated carbocycles. The second-order valence-electron chi connectivity index (χ2n) is 8.40. The molecule has 3 aromatic carbocycles. The van der Waals surface area contributed by atoms with Crippen molar-refractivity contribution >= 4 is 27.5 Å². The Hall–Kier alpha value is -3.49. The number of rotatable bonds is 6. The minimum atomic E-state index is -0.761. The van der Waals surface area contributed by atoms with Crippen LogP contribution in [0.25, 0.3) is 22.7 Å². The molecule has 5 rings (SSSR count). The standard InChI is InChI=1S/C27H23BrFN3O3/c1-16-26(33)32(15-14-17-2-12-22(30)13-3-17)27(34-16)24-23(18-6-10-21(29)11-7-18)31-25(35-24)19-4-8-20(28)9-5-19/h2-13,16,27H,14-15,30H2,1H3/t16-,27?/m1/s1. The number of anilines is 1. The van der Waals surface area contributed by atoms with Crippen LogP contribution in [0.15, 0.2) is 81.7 Å². The van der Waals surface area contributed by atoms with Crippen LogP contribution in [0, 0.1) is 5.82 Å². The van der Waals surface area contributed by atoms with Crippen molar-refractivity contribution in [2.45, 2.75) is 25.7 Å². The minimum absolute atomic E-state index is 0.128. The summed E-state index contributed by atoms with van der Waals surface area (Å²) >= 11 is 3.44. The van der Waals surface area contributed by atoms with Gasteiger partial charge in [-0.3, -0.25) is 4.79 Å². The van der Waals surface area contributed by atoms with Crippen LogP contribution in [0.4, 0.5) is 10.1 Å². The second-order valence-corrected chi connectivity index (χ2v) is 9.32. The monoisotopic (exact) mass is 535 g/mol. The Morgan fingerprint density at radius 3 is 2.34 bits per heavy atom. The lowest BCUT2D eigenvalue weighted by atomic mass is 10.1. The normalized spacial score (nSPS) is 17.8. The van der Waals surface area contributed by atoms with E-state index in [1.54, 1.807) is 24.0 Å². The Morgan fingerprint density at radius 1 is 1.00 bits per heavy atom. The summed E-state index contributed by atoms with van der Waals surface area (Å²) in [6.07, 6.45) is -0.769. The first-order chi connectivity index (χ1) is 16.9. The summed E-state index contributed by atoms with van der Waals surface area (Å²) in [5.74, 6) is 0.320. The van der Waals surface area contributed by atoms with Crippen molar-refractivity contribution in [3.05, 3.63) is 94.4 Å². The fourth-order valence-corrected chi connectivity index (χ4v) is 4.33. The molecule has 1 saturated heterocycles. The Labute approximate surface area is 210 Å². The number of aromatic nitrogens is 1. The molecule has 2 heterocycles. The number of hydrogen-bond acceptors (Lipinski definition) is 5. The zero-order valence-corrected chi connectivity index (χ0v) is 20.5. The molecule has 0 aliphatic carbocycles. The smallest absolute Gasteiger partial charge is 0.253 e. The number of carbonyl (C=O) groups is 1. The molecule has 0 radical (unpaired) electrons. The fraction of sp³-hybridized carbons (Fsp3) is 0.185. The highest BCUT2D eigenvalue weighted by atomic mass is 79.9. The van der Waals surface area contributed by atoms with E-state index >= 15 is 0 Å². The lowest BCUT2D eigenvalue weighted by Gasteiger charge is -2.22. The highest BCUT2D eigenvalue weighted by Gasteiger charge is 2.42. The van der Waals surface area contributed by atoms with Gasteiger partial charge in [0.15, 0.2) is 12.0 Å². The molecule has 4 aromatic rings. The second kappa shape index (κ2) is 9.64. The Bertz CT molecular complexity index is 1340. The van der Waals surface area contributed by atoms with Gasteiger partial charge in [-0.05, 0) is 79.6 Å². The number of carbonyl (C=O) groups excluding carboxylic acids is 1. The first kappa shape index (κ1) is 23.3. The highest BCUT2D eigenvalue weighted by molar-refractivity contribution is 9.10. The van der Waals surface area contributed by atoms with Crippen LogP contribution in [0.2, 0.25) is 0 Å². The highest BCUT2D eigenvalue weighted by Crippen LogP contribution is 2.39. The van der Waals surface area contributed by atoms with Crippen molar-refractivity contribution < 1.29 is 18.3 Å². The third-order valence-electron chi connectivity index (χ3n) is 5.95. The average molecular weight is 536 g/mol. The lowest BCUT2D eigenvalue weighted by molar-refractivity contribution is -0.130. The van der Waals surface area contributed by atoms with Gasteiger partial charge in [-0.25, -0.2) is 9.37 Å². The van der Waals surface area contributed by atoms with Crippen LogP contribution < -0.4 is 5.73 Å². The summed E-state index contributed by atoms with van der Waals surface area (Å²) < 4.78 is 26.9. The van der Waals surface area contributed by atoms with E-state index in [2.05, 4.69) is 15.9 Å². The maximum absolute atomic E-state index is 13.6. The van der Waals surface area contributed by atoms with E-state index in [4.69, 9.17) is 19.9 Å².